The van der Waals surface area contributed by atoms with Crippen LogP contribution in [0.5, 0.6) is 0 Å². The standard InChI is InChI=1S/C14H16ClN3O3/c1-9(5-6-16)18(2)8-13(19)17-12-7-10(14(20)21)3-4-11(12)15/h3-4,7,9H,5,8H2,1-2H3,(H,17,19)(H,20,21). The third-order valence-electron chi connectivity index (χ3n) is 3.02. The van der Waals surface area contributed by atoms with Crippen LogP contribution in [0.1, 0.15) is 23.7 Å². The normalized spacial score (nSPS) is 11.8. The Bertz CT molecular complexity index is 583. The molecular formula is C14H16ClN3O3. The molecule has 0 aromatic heterocycles. The van der Waals surface area contributed by atoms with Gasteiger partial charge in [-0.15, -0.1) is 0 Å². The number of amides is 1. The molecule has 0 spiro atoms. The average Bonchev–Trinajstić information content (AvgIpc) is 2.41. The second kappa shape index (κ2) is 7.62. The first kappa shape index (κ1) is 17.0. The van der Waals surface area contributed by atoms with Crippen LogP contribution in [-0.4, -0.2) is 41.5 Å². The number of hydrogen-bond donors (Lipinski definition) is 2. The Hall–Kier alpha value is -2.10. The van der Waals surface area contributed by atoms with Gasteiger partial charge in [0, 0.05) is 6.04 Å². The van der Waals surface area contributed by atoms with Crippen molar-refractivity contribution in [3.8, 4) is 6.07 Å². The molecule has 2 N–H and O–H groups in total. The van der Waals surface area contributed by atoms with Gasteiger partial charge in [0.15, 0.2) is 0 Å². The van der Waals surface area contributed by atoms with E-state index in [9.17, 15) is 9.59 Å². The highest BCUT2D eigenvalue weighted by atomic mass is 35.5. The Balaban J connectivity index is 2.73. The first-order chi connectivity index (χ1) is 9.85. The van der Waals surface area contributed by atoms with Crippen LogP contribution in [-0.2, 0) is 4.79 Å². The predicted octanol–water partition coefficient (Wildman–Crippen LogP) is 2.21. The van der Waals surface area contributed by atoms with E-state index in [4.69, 9.17) is 22.0 Å². The monoisotopic (exact) mass is 309 g/mol. The summed E-state index contributed by atoms with van der Waals surface area (Å²) in [7, 11) is 1.73. The number of carbonyl (C=O) groups excluding carboxylic acids is 1. The van der Waals surface area contributed by atoms with Gasteiger partial charge in [0.25, 0.3) is 0 Å². The molecule has 1 amide bonds. The summed E-state index contributed by atoms with van der Waals surface area (Å²) in [6.07, 6.45) is 0.318. The largest absolute Gasteiger partial charge is 0.478 e. The molecule has 0 aliphatic rings. The number of halogens is 1. The van der Waals surface area contributed by atoms with Crippen LogP contribution in [0, 0.1) is 11.3 Å². The molecule has 1 atom stereocenters. The van der Waals surface area contributed by atoms with Gasteiger partial charge in [-0.1, -0.05) is 11.6 Å². The average molecular weight is 310 g/mol. The summed E-state index contributed by atoms with van der Waals surface area (Å²) in [4.78, 5) is 24.5. The second-order valence-corrected chi connectivity index (χ2v) is 5.08. The lowest BCUT2D eigenvalue weighted by Gasteiger charge is -2.21. The zero-order chi connectivity index (χ0) is 16.0. The minimum Gasteiger partial charge on any atom is -0.478 e. The fourth-order valence-corrected chi connectivity index (χ4v) is 1.78. The van der Waals surface area contributed by atoms with Crippen LogP contribution >= 0.6 is 11.6 Å². The number of nitrogens with zero attached hydrogens (tertiary/aromatic N) is 2. The molecule has 112 valence electrons. The lowest BCUT2D eigenvalue weighted by atomic mass is 10.2. The molecule has 7 heteroatoms. The molecular weight excluding hydrogens is 294 g/mol. The topological polar surface area (TPSA) is 93.4 Å². The van der Waals surface area contributed by atoms with Crippen molar-refractivity contribution in [2.45, 2.75) is 19.4 Å². The Labute approximate surface area is 127 Å². The molecule has 1 unspecified atom stereocenters. The zero-order valence-corrected chi connectivity index (χ0v) is 12.5. The van der Waals surface area contributed by atoms with Gasteiger partial charge in [-0.3, -0.25) is 9.69 Å². The van der Waals surface area contributed by atoms with Gasteiger partial charge >= 0.3 is 5.97 Å². The van der Waals surface area contributed by atoms with E-state index in [2.05, 4.69) is 5.32 Å². The van der Waals surface area contributed by atoms with Gasteiger partial charge in [0.2, 0.25) is 5.91 Å². The van der Waals surface area contributed by atoms with E-state index in [0.29, 0.717) is 6.42 Å². The summed E-state index contributed by atoms with van der Waals surface area (Å²) in [5, 5.41) is 20.4. The zero-order valence-electron chi connectivity index (χ0n) is 11.8. The smallest absolute Gasteiger partial charge is 0.335 e. The number of nitriles is 1. The quantitative estimate of drug-likeness (QED) is 0.840. The molecule has 0 heterocycles. The van der Waals surface area contributed by atoms with Crippen molar-refractivity contribution in [2.24, 2.45) is 0 Å². The highest BCUT2D eigenvalue weighted by molar-refractivity contribution is 6.33. The molecule has 0 saturated heterocycles. The summed E-state index contributed by atoms with van der Waals surface area (Å²) in [5.41, 5.74) is 0.295. The van der Waals surface area contributed by atoms with E-state index in [-0.39, 0.29) is 34.8 Å². The Morgan fingerprint density at radius 2 is 2.19 bits per heavy atom. The maximum absolute atomic E-state index is 11.9. The second-order valence-electron chi connectivity index (χ2n) is 4.67. The fraction of sp³-hybridized carbons (Fsp3) is 0.357. The molecule has 1 aromatic rings. The van der Waals surface area contributed by atoms with Crippen molar-refractivity contribution < 1.29 is 14.7 Å². The van der Waals surface area contributed by atoms with Crippen LogP contribution < -0.4 is 5.32 Å². The number of likely N-dealkylation sites (N-methyl/N-ethyl adjacent to an activating group) is 1. The van der Waals surface area contributed by atoms with Gasteiger partial charge in [0.05, 0.1) is 35.3 Å². The number of carbonyl (C=O) groups is 2. The maximum atomic E-state index is 11.9. The lowest BCUT2D eigenvalue weighted by molar-refractivity contribution is -0.117. The number of benzene rings is 1. The van der Waals surface area contributed by atoms with Crippen molar-refractivity contribution in [3.05, 3.63) is 28.8 Å². The van der Waals surface area contributed by atoms with E-state index in [1.165, 1.54) is 18.2 Å². The van der Waals surface area contributed by atoms with E-state index >= 15 is 0 Å². The number of carboxylic acid groups (broad SMARTS) is 1. The predicted molar refractivity (Wildman–Crippen MR) is 79.4 cm³/mol. The van der Waals surface area contributed by atoms with Crippen LogP contribution in [0.25, 0.3) is 0 Å². The molecule has 1 rings (SSSR count). The van der Waals surface area contributed by atoms with Gasteiger partial charge in [0.1, 0.15) is 0 Å². The van der Waals surface area contributed by atoms with E-state index in [1.54, 1.807) is 11.9 Å². The summed E-state index contributed by atoms with van der Waals surface area (Å²) in [6.45, 7) is 1.92. The third-order valence-corrected chi connectivity index (χ3v) is 3.35. The minimum atomic E-state index is -1.10. The van der Waals surface area contributed by atoms with Crippen molar-refractivity contribution >= 4 is 29.2 Å². The molecule has 0 saturated carbocycles. The SMILES string of the molecule is CC(CC#N)N(C)CC(=O)Nc1cc(C(=O)O)ccc1Cl. The Kier molecular flexibility index (Phi) is 6.15. The summed E-state index contributed by atoms with van der Waals surface area (Å²) in [6, 6.07) is 6.08. The molecule has 0 aliphatic carbocycles. The molecule has 6 nitrogen and oxygen atoms in total. The van der Waals surface area contributed by atoms with Gasteiger partial charge in [-0.05, 0) is 32.2 Å². The maximum Gasteiger partial charge on any atom is 0.335 e. The molecule has 0 radical (unpaired) electrons. The molecule has 0 bridgehead atoms. The number of aromatic carboxylic acids is 1. The van der Waals surface area contributed by atoms with Crippen molar-refractivity contribution in [1.82, 2.24) is 4.90 Å². The van der Waals surface area contributed by atoms with E-state index in [1.807, 2.05) is 13.0 Å². The van der Waals surface area contributed by atoms with Gasteiger partial charge < -0.3 is 10.4 Å². The third kappa shape index (κ3) is 5.06. The van der Waals surface area contributed by atoms with Crippen LogP contribution in [0.2, 0.25) is 5.02 Å². The minimum absolute atomic E-state index is 0.0425. The number of carboxylic acids is 1. The van der Waals surface area contributed by atoms with Crippen molar-refractivity contribution in [3.63, 3.8) is 0 Å². The summed E-state index contributed by atoms with van der Waals surface area (Å²) >= 11 is 5.93. The molecule has 21 heavy (non-hydrogen) atoms. The summed E-state index contributed by atoms with van der Waals surface area (Å²) < 4.78 is 0. The van der Waals surface area contributed by atoms with Gasteiger partial charge in [-0.2, -0.15) is 5.26 Å². The highest BCUT2D eigenvalue weighted by Gasteiger charge is 2.15. The van der Waals surface area contributed by atoms with E-state index in [0.717, 1.165) is 0 Å². The number of rotatable bonds is 6. The van der Waals surface area contributed by atoms with E-state index < -0.39 is 5.97 Å². The molecule has 0 aliphatic heterocycles. The number of nitrogens with one attached hydrogen (secondary N) is 1. The summed E-state index contributed by atoms with van der Waals surface area (Å²) in [5.74, 6) is -1.42. The first-order valence-electron chi connectivity index (χ1n) is 6.25. The number of anilines is 1. The molecule has 0 fully saturated rings. The van der Waals surface area contributed by atoms with Crippen LogP contribution in [0.15, 0.2) is 18.2 Å². The number of hydrogen-bond acceptors (Lipinski definition) is 4. The highest BCUT2D eigenvalue weighted by Crippen LogP contribution is 2.23. The Morgan fingerprint density at radius 1 is 1.52 bits per heavy atom. The van der Waals surface area contributed by atoms with Crippen LogP contribution in [0.4, 0.5) is 5.69 Å². The molecule has 1 aromatic carbocycles. The lowest BCUT2D eigenvalue weighted by Crippen LogP contribution is -2.36. The van der Waals surface area contributed by atoms with Gasteiger partial charge in [-0.25, -0.2) is 4.79 Å². The van der Waals surface area contributed by atoms with Crippen molar-refractivity contribution in [1.29, 1.82) is 5.26 Å². The Morgan fingerprint density at radius 3 is 2.76 bits per heavy atom. The first-order valence-corrected chi connectivity index (χ1v) is 6.62. The van der Waals surface area contributed by atoms with Crippen LogP contribution in [0.3, 0.4) is 0 Å². The van der Waals surface area contributed by atoms with Crippen molar-refractivity contribution in [2.75, 3.05) is 18.9 Å². The fourth-order valence-electron chi connectivity index (χ4n) is 1.61.